The Balaban J connectivity index is 1.60. The third-order valence-electron chi connectivity index (χ3n) is 5.70. The standard InChI is InChI=1S/C27H30N2O4/c1-3-32-17-18-33-24-14-13-21(19-25(24)31-2)26-28-23-12-8-7-11-22(23)27(30)29(26)16-15-20-9-5-4-6-10-20/h4-14,19,26,28H,3,15-18H2,1-2H3. The van der Waals surface area contributed by atoms with E-state index in [9.17, 15) is 4.79 Å². The van der Waals surface area contributed by atoms with Crippen LogP contribution in [0.1, 0.15) is 34.6 Å². The normalized spacial score (nSPS) is 15.0. The summed E-state index contributed by atoms with van der Waals surface area (Å²) in [4.78, 5) is 15.4. The fourth-order valence-corrected chi connectivity index (χ4v) is 4.01. The molecule has 3 aromatic rings. The highest BCUT2D eigenvalue weighted by atomic mass is 16.5. The van der Waals surface area contributed by atoms with E-state index in [1.807, 2.05) is 72.5 Å². The first kappa shape index (κ1) is 22.7. The van der Waals surface area contributed by atoms with Gasteiger partial charge in [0.2, 0.25) is 0 Å². The van der Waals surface area contributed by atoms with E-state index in [1.165, 1.54) is 5.56 Å². The summed E-state index contributed by atoms with van der Waals surface area (Å²) < 4.78 is 16.8. The maximum absolute atomic E-state index is 13.5. The van der Waals surface area contributed by atoms with Gasteiger partial charge < -0.3 is 24.4 Å². The van der Waals surface area contributed by atoms with Crippen LogP contribution >= 0.6 is 0 Å². The average Bonchev–Trinajstić information content (AvgIpc) is 2.86. The molecule has 1 atom stereocenters. The van der Waals surface area contributed by atoms with Crippen LogP contribution in [0, 0.1) is 0 Å². The molecule has 0 fully saturated rings. The number of nitrogens with one attached hydrogen (secondary N) is 1. The van der Waals surface area contributed by atoms with Gasteiger partial charge in [-0.25, -0.2) is 0 Å². The van der Waals surface area contributed by atoms with E-state index in [0.717, 1.165) is 17.7 Å². The number of carbonyl (C=O) groups excluding carboxylic acids is 1. The number of hydrogen-bond donors (Lipinski definition) is 1. The summed E-state index contributed by atoms with van der Waals surface area (Å²) in [7, 11) is 1.62. The van der Waals surface area contributed by atoms with E-state index in [1.54, 1.807) is 7.11 Å². The van der Waals surface area contributed by atoms with Crippen LogP contribution in [-0.4, -0.2) is 44.3 Å². The van der Waals surface area contributed by atoms with Gasteiger partial charge >= 0.3 is 0 Å². The fraction of sp³-hybridized carbons (Fsp3) is 0.296. The predicted molar refractivity (Wildman–Crippen MR) is 129 cm³/mol. The quantitative estimate of drug-likeness (QED) is 0.448. The number of para-hydroxylation sites is 1. The van der Waals surface area contributed by atoms with Crippen LogP contribution in [0.25, 0.3) is 0 Å². The van der Waals surface area contributed by atoms with E-state index in [4.69, 9.17) is 14.2 Å². The minimum absolute atomic E-state index is 0.0151. The molecule has 6 heteroatoms. The summed E-state index contributed by atoms with van der Waals surface area (Å²) in [6.07, 6.45) is 0.449. The third kappa shape index (κ3) is 5.29. The Labute approximate surface area is 195 Å². The summed E-state index contributed by atoms with van der Waals surface area (Å²) in [6, 6.07) is 23.7. The molecule has 1 amide bonds. The van der Waals surface area contributed by atoms with Crippen LogP contribution in [0.15, 0.2) is 72.8 Å². The van der Waals surface area contributed by atoms with Crippen molar-refractivity contribution in [3.63, 3.8) is 0 Å². The molecule has 0 bridgehead atoms. The van der Waals surface area contributed by atoms with Gasteiger partial charge in [-0.2, -0.15) is 0 Å². The molecule has 0 saturated heterocycles. The van der Waals surface area contributed by atoms with Crippen LogP contribution in [0.5, 0.6) is 11.5 Å². The highest BCUT2D eigenvalue weighted by Gasteiger charge is 2.33. The van der Waals surface area contributed by atoms with E-state index in [0.29, 0.717) is 43.4 Å². The molecule has 1 N–H and O–H groups in total. The molecule has 1 aliphatic heterocycles. The lowest BCUT2D eigenvalue weighted by Crippen LogP contribution is -2.44. The van der Waals surface area contributed by atoms with Gasteiger partial charge in [0.25, 0.3) is 5.91 Å². The highest BCUT2D eigenvalue weighted by molar-refractivity contribution is 6.01. The number of amides is 1. The van der Waals surface area contributed by atoms with Crippen molar-refractivity contribution in [1.82, 2.24) is 4.90 Å². The van der Waals surface area contributed by atoms with Crippen molar-refractivity contribution in [1.29, 1.82) is 0 Å². The van der Waals surface area contributed by atoms with Crippen molar-refractivity contribution >= 4 is 11.6 Å². The lowest BCUT2D eigenvalue weighted by Gasteiger charge is -2.38. The molecular formula is C27H30N2O4. The first-order valence-electron chi connectivity index (χ1n) is 11.3. The van der Waals surface area contributed by atoms with Crippen LogP contribution in [0.4, 0.5) is 5.69 Å². The smallest absolute Gasteiger partial charge is 0.257 e. The van der Waals surface area contributed by atoms with Gasteiger partial charge in [0.1, 0.15) is 12.8 Å². The molecule has 6 nitrogen and oxygen atoms in total. The van der Waals surface area contributed by atoms with Gasteiger partial charge in [0, 0.05) is 18.8 Å². The number of fused-ring (bicyclic) bond motifs is 1. The Hall–Kier alpha value is -3.51. The second-order valence-corrected chi connectivity index (χ2v) is 7.78. The van der Waals surface area contributed by atoms with E-state index in [2.05, 4.69) is 17.4 Å². The molecule has 4 rings (SSSR count). The zero-order valence-electron chi connectivity index (χ0n) is 19.1. The maximum Gasteiger partial charge on any atom is 0.257 e. The second-order valence-electron chi connectivity index (χ2n) is 7.78. The SMILES string of the molecule is CCOCCOc1ccc(C2Nc3ccccc3C(=O)N2CCc2ccccc2)cc1OC. The van der Waals surface area contributed by atoms with Crippen molar-refractivity contribution < 1.29 is 19.0 Å². The van der Waals surface area contributed by atoms with Gasteiger partial charge in [-0.05, 0) is 48.7 Å². The molecule has 0 aliphatic carbocycles. The highest BCUT2D eigenvalue weighted by Crippen LogP contribution is 2.37. The van der Waals surface area contributed by atoms with Gasteiger partial charge in [0.15, 0.2) is 11.5 Å². The first-order valence-corrected chi connectivity index (χ1v) is 11.3. The number of carbonyl (C=O) groups is 1. The Kier molecular flexibility index (Phi) is 7.47. The number of hydrogen-bond acceptors (Lipinski definition) is 5. The topological polar surface area (TPSA) is 60.0 Å². The van der Waals surface area contributed by atoms with Crippen LogP contribution in [0.2, 0.25) is 0 Å². The summed E-state index contributed by atoms with van der Waals surface area (Å²) in [5.74, 6) is 1.29. The molecule has 0 saturated carbocycles. The maximum atomic E-state index is 13.5. The largest absolute Gasteiger partial charge is 0.493 e. The minimum atomic E-state index is -0.317. The third-order valence-corrected chi connectivity index (χ3v) is 5.70. The van der Waals surface area contributed by atoms with Crippen molar-refractivity contribution in [3.05, 3.63) is 89.5 Å². The van der Waals surface area contributed by atoms with Crippen molar-refractivity contribution in [2.45, 2.75) is 19.5 Å². The van der Waals surface area contributed by atoms with E-state index in [-0.39, 0.29) is 12.1 Å². The summed E-state index contributed by atoms with van der Waals surface area (Å²) >= 11 is 0. The monoisotopic (exact) mass is 446 g/mol. The van der Waals surface area contributed by atoms with E-state index >= 15 is 0 Å². The lowest BCUT2D eigenvalue weighted by molar-refractivity contribution is 0.0685. The van der Waals surface area contributed by atoms with Crippen molar-refractivity contribution in [2.24, 2.45) is 0 Å². The Bertz CT molecular complexity index is 1070. The molecular weight excluding hydrogens is 416 g/mol. The predicted octanol–water partition coefficient (Wildman–Crippen LogP) is 4.92. The molecule has 1 unspecified atom stereocenters. The first-order chi connectivity index (χ1) is 16.2. The Morgan fingerprint density at radius 3 is 2.52 bits per heavy atom. The van der Waals surface area contributed by atoms with Crippen LogP contribution in [-0.2, 0) is 11.2 Å². The molecule has 0 spiro atoms. The summed E-state index contributed by atoms with van der Waals surface area (Å²) in [5.41, 5.74) is 3.64. The molecule has 0 radical (unpaired) electrons. The number of benzene rings is 3. The van der Waals surface area contributed by atoms with Crippen LogP contribution < -0.4 is 14.8 Å². The fourth-order valence-electron chi connectivity index (χ4n) is 4.01. The number of anilines is 1. The van der Waals surface area contributed by atoms with Gasteiger partial charge in [-0.1, -0.05) is 48.5 Å². The summed E-state index contributed by atoms with van der Waals surface area (Å²) in [5, 5.41) is 3.55. The lowest BCUT2D eigenvalue weighted by atomic mass is 10.0. The van der Waals surface area contributed by atoms with Gasteiger partial charge in [-0.3, -0.25) is 4.79 Å². The number of nitrogens with zero attached hydrogens (tertiary/aromatic N) is 1. The minimum Gasteiger partial charge on any atom is -0.493 e. The van der Waals surface area contributed by atoms with Crippen LogP contribution in [0.3, 0.4) is 0 Å². The summed E-state index contributed by atoms with van der Waals surface area (Å²) in [6.45, 7) is 4.16. The molecule has 3 aromatic carbocycles. The number of methoxy groups -OCH3 is 1. The molecule has 33 heavy (non-hydrogen) atoms. The zero-order chi connectivity index (χ0) is 23.0. The van der Waals surface area contributed by atoms with Crippen molar-refractivity contribution in [3.8, 4) is 11.5 Å². The second kappa shape index (κ2) is 10.9. The molecule has 172 valence electrons. The van der Waals surface area contributed by atoms with Crippen molar-refractivity contribution in [2.75, 3.05) is 38.8 Å². The molecule has 0 aromatic heterocycles. The Morgan fingerprint density at radius 1 is 0.939 bits per heavy atom. The zero-order valence-corrected chi connectivity index (χ0v) is 19.1. The average molecular weight is 447 g/mol. The van der Waals surface area contributed by atoms with Gasteiger partial charge in [-0.15, -0.1) is 0 Å². The molecule has 1 aliphatic rings. The van der Waals surface area contributed by atoms with Gasteiger partial charge in [0.05, 0.1) is 19.3 Å². The number of ether oxygens (including phenoxy) is 3. The Morgan fingerprint density at radius 2 is 1.73 bits per heavy atom. The number of rotatable bonds is 10. The van der Waals surface area contributed by atoms with E-state index < -0.39 is 0 Å². The molecule has 1 heterocycles.